The molecular formula is C26H21BrIN3O5. The van der Waals surface area contributed by atoms with Crippen molar-refractivity contribution < 1.29 is 23.9 Å². The van der Waals surface area contributed by atoms with Crippen LogP contribution in [-0.4, -0.2) is 36.4 Å². The van der Waals surface area contributed by atoms with Crippen LogP contribution in [0.1, 0.15) is 11.1 Å². The van der Waals surface area contributed by atoms with Crippen LogP contribution in [-0.2, 0) is 16.2 Å². The van der Waals surface area contributed by atoms with Crippen molar-refractivity contribution in [3.8, 4) is 11.5 Å². The number of methoxy groups -OCH3 is 1. The first kappa shape index (κ1) is 25.7. The Balaban J connectivity index is 1.40. The first-order chi connectivity index (χ1) is 17.3. The van der Waals surface area contributed by atoms with E-state index in [1.165, 1.54) is 7.11 Å². The summed E-state index contributed by atoms with van der Waals surface area (Å²) >= 11 is 5.75. The number of amides is 4. The Morgan fingerprint density at radius 1 is 1.08 bits per heavy atom. The number of carbonyl (C=O) groups excluding carboxylic acids is 3. The molecule has 2 N–H and O–H groups in total. The van der Waals surface area contributed by atoms with Crippen LogP contribution in [0.25, 0.3) is 6.08 Å². The molecule has 8 nitrogen and oxygen atoms in total. The lowest BCUT2D eigenvalue weighted by Crippen LogP contribution is -2.38. The van der Waals surface area contributed by atoms with Crippen molar-refractivity contribution in [2.75, 3.05) is 19.0 Å². The van der Waals surface area contributed by atoms with Gasteiger partial charge in [0.2, 0.25) is 5.91 Å². The number of nitrogens with zero attached hydrogens (tertiary/aromatic N) is 1. The number of hydrogen-bond donors (Lipinski definition) is 2. The molecule has 3 aromatic carbocycles. The molecule has 4 amide bonds. The highest BCUT2D eigenvalue weighted by Gasteiger charge is 2.35. The largest absolute Gasteiger partial charge is 0.495 e. The Hall–Kier alpha value is -3.38. The van der Waals surface area contributed by atoms with Gasteiger partial charge in [-0.2, -0.15) is 0 Å². The third kappa shape index (κ3) is 6.24. The second kappa shape index (κ2) is 11.6. The van der Waals surface area contributed by atoms with E-state index in [0.717, 1.165) is 14.0 Å². The van der Waals surface area contributed by atoms with Gasteiger partial charge in [-0.1, -0.05) is 30.3 Å². The van der Waals surface area contributed by atoms with E-state index in [1.807, 2.05) is 24.3 Å². The Bertz CT molecular complexity index is 1340. The summed E-state index contributed by atoms with van der Waals surface area (Å²) in [6.45, 7) is -0.0224. The predicted molar refractivity (Wildman–Crippen MR) is 147 cm³/mol. The van der Waals surface area contributed by atoms with E-state index < -0.39 is 24.4 Å². The van der Waals surface area contributed by atoms with Crippen LogP contribution in [0.2, 0.25) is 0 Å². The maximum atomic E-state index is 12.8. The minimum atomic E-state index is -0.669. The third-order valence-electron chi connectivity index (χ3n) is 5.22. The number of imide groups is 1. The van der Waals surface area contributed by atoms with Crippen LogP contribution < -0.4 is 20.1 Å². The second-order valence-corrected chi connectivity index (χ2v) is 9.83. The lowest BCUT2D eigenvalue weighted by molar-refractivity contribution is -0.127. The minimum absolute atomic E-state index is 0.0737. The van der Waals surface area contributed by atoms with Crippen LogP contribution in [0.3, 0.4) is 0 Å². The molecule has 4 rings (SSSR count). The lowest BCUT2D eigenvalue weighted by atomic mass is 10.2. The van der Waals surface area contributed by atoms with Crippen LogP contribution in [0, 0.1) is 3.57 Å². The smallest absolute Gasteiger partial charge is 0.329 e. The summed E-state index contributed by atoms with van der Waals surface area (Å²) < 4.78 is 12.9. The second-order valence-electron chi connectivity index (χ2n) is 7.73. The van der Waals surface area contributed by atoms with Gasteiger partial charge in [-0.25, -0.2) is 9.69 Å². The molecule has 0 aromatic heterocycles. The van der Waals surface area contributed by atoms with Crippen LogP contribution in [0.15, 0.2) is 76.9 Å². The first-order valence-electron chi connectivity index (χ1n) is 10.8. The van der Waals surface area contributed by atoms with Gasteiger partial charge in [-0.15, -0.1) is 0 Å². The molecule has 1 saturated heterocycles. The van der Waals surface area contributed by atoms with E-state index in [2.05, 4.69) is 49.2 Å². The van der Waals surface area contributed by atoms with E-state index in [1.54, 1.807) is 48.5 Å². The van der Waals surface area contributed by atoms with Crippen molar-refractivity contribution in [2.24, 2.45) is 0 Å². The summed E-state index contributed by atoms with van der Waals surface area (Å²) in [4.78, 5) is 38.5. The molecule has 36 heavy (non-hydrogen) atoms. The molecule has 0 atom stereocenters. The van der Waals surface area contributed by atoms with Gasteiger partial charge in [0.05, 0.1) is 17.3 Å². The number of benzene rings is 3. The molecule has 184 valence electrons. The van der Waals surface area contributed by atoms with Gasteiger partial charge in [-0.05, 0) is 92.1 Å². The summed E-state index contributed by atoms with van der Waals surface area (Å²) in [6, 6.07) is 19.6. The topological polar surface area (TPSA) is 97.0 Å². The molecule has 0 spiro atoms. The van der Waals surface area contributed by atoms with Crippen molar-refractivity contribution in [3.05, 3.63) is 91.6 Å². The molecule has 1 aliphatic rings. The normalized spacial score (nSPS) is 14.1. The van der Waals surface area contributed by atoms with E-state index in [-0.39, 0.29) is 5.70 Å². The lowest BCUT2D eigenvalue weighted by Gasteiger charge is -2.13. The molecular weight excluding hydrogens is 641 g/mol. The third-order valence-corrected chi connectivity index (χ3v) is 6.56. The Labute approximate surface area is 229 Å². The fourth-order valence-electron chi connectivity index (χ4n) is 3.43. The van der Waals surface area contributed by atoms with Crippen LogP contribution in [0.5, 0.6) is 11.5 Å². The summed E-state index contributed by atoms with van der Waals surface area (Å²) in [5.41, 5.74) is 2.24. The van der Waals surface area contributed by atoms with Gasteiger partial charge in [0.1, 0.15) is 30.3 Å². The van der Waals surface area contributed by atoms with Crippen LogP contribution >= 0.6 is 38.5 Å². The van der Waals surface area contributed by atoms with E-state index in [0.29, 0.717) is 33.8 Å². The van der Waals surface area contributed by atoms with Crippen molar-refractivity contribution in [2.45, 2.75) is 6.61 Å². The number of hydrogen-bond acceptors (Lipinski definition) is 5. The van der Waals surface area contributed by atoms with Gasteiger partial charge in [0.25, 0.3) is 5.91 Å². The maximum absolute atomic E-state index is 12.8. The Morgan fingerprint density at radius 3 is 2.56 bits per heavy atom. The SMILES string of the molecule is COc1ccccc1NC(=O)CN1C(=O)N/C(=C/c2ccc(OCc3ccc(I)cc3)c(Br)c2)C1=O. The maximum Gasteiger partial charge on any atom is 0.329 e. The zero-order valence-corrected chi connectivity index (χ0v) is 22.8. The predicted octanol–water partition coefficient (Wildman–Crippen LogP) is 5.17. The molecule has 0 radical (unpaired) electrons. The number of urea groups is 1. The molecule has 10 heteroatoms. The minimum Gasteiger partial charge on any atom is -0.495 e. The summed E-state index contributed by atoms with van der Waals surface area (Å²) in [5, 5.41) is 5.18. The quantitative estimate of drug-likeness (QED) is 0.197. The van der Waals surface area contributed by atoms with Crippen LogP contribution in [0.4, 0.5) is 10.5 Å². The number of rotatable bonds is 8. The van der Waals surface area contributed by atoms with Crippen molar-refractivity contribution in [1.29, 1.82) is 0 Å². The summed E-state index contributed by atoms with van der Waals surface area (Å²) in [5.74, 6) is -0.000684. The highest BCUT2D eigenvalue weighted by atomic mass is 127. The Morgan fingerprint density at radius 2 is 1.83 bits per heavy atom. The standard InChI is InChI=1S/C26H21BrIN3O5/c1-35-23-5-3-2-4-20(23)29-24(32)14-31-25(33)21(30-26(31)34)13-17-8-11-22(19(27)12-17)36-15-16-6-9-18(28)10-7-16/h2-13H,14-15H2,1H3,(H,29,32)(H,30,34)/b21-13+. The molecule has 0 aliphatic carbocycles. The fourth-order valence-corrected chi connectivity index (χ4v) is 4.30. The molecule has 0 unspecified atom stereocenters. The van der Waals surface area contributed by atoms with E-state index in [9.17, 15) is 14.4 Å². The monoisotopic (exact) mass is 661 g/mol. The van der Waals surface area contributed by atoms with Crippen molar-refractivity contribution >= 4 is 68.1 Å². The van der Waals surface area contributed by atoms with Crippen molar-refractivity contribution in [3.63, 3.8) is 0 Å². The van der Waals surface area contributed by atoms with Crippen molar-refractivity contribution in [1.82, 2.24) is 10.2 Å². The van der Waals surface area contributed by atoms with Gasteiger partial charge in [0.15, 0.2) is 0 Å². The number of anilines is 1. The summed E-state index contributed by atoms with van der Waals surface area (Å²) in [7, 11) is 1.49. The first-order valence-corrected chi connectivity index (χ1v) is 12.7. The average Bonchev–Trinajstić information content (AvgIpc) is 3.12. The Kier molecular flexibility index (Phi) is 8.26. The zero-order valence-electron chi connectivity index (χ0n) is 19.1. The number of halogens is 2. The molecule has 0 saturated carbocycles. The fraction of sp³-hybridized carbons (Fsp3) is 0.115. The highest BCUT2D eigenvalue weighted by Crippen LogP contribution is 2.28. The van der Waals surface area contributed by atoms with Gasteiger partial charge >= 0.3 is 6.03 Å². The molecule has 3 aromatic rings. The summed E-state index contributed by atoms with van der Waals surface area (Å²) in [6.07, 6.45) is 1.55. The molecule has 1 aliphatic heterocycles. The van der Waals surface area contributed by atoms with Gasteiger partial charge in [-0.3, -0.25) is 9.59 Å². The van der Waals surface area contributed by atoms with Gasteiger partial charge < -0.3 is 20.1 Å². The van der Waals surface area contributed by atoms with E-state index in [4.69, 9.17) is 9.47 Å². The number of ether oxygens (including phenoxy) is 2. The van der Waals surface area contributed by atoms with E-state index >= 15 is 0 Å². The molecule has 0 bridgehead atoms. The number of para-hydroxylation sites is 2. The van der Waals surface area contributed by atoms with Gasteiger partial charge in [0, 0.05) is 3.57 Å². The average molecular weight is 662 g/mol. The number of nitrogens with one attached hydrogen (secondary N) is 2. The zero-order chi connectivity index (χ0) is 25.7. The molecule has 1 heterocycles. The molecule has 1 fully saturated rings. The highest BCUT2D eigenvalue weighted by molar-refractivity contribution is 14.1. The number of carbonyl (C=O) groups is 3.